The minimum atomic E-state index is -1.26. The van der Waals surface area contributed by atoms with Crippen LogP contribution in [-0.4, -0.2) is 41.7 Å². The third-order valence-corrected chi connectivity index (χ3v) is 6.04. The lowest BCUT2D eigenvalue weighted by molar-refractivity contribution is -0.135. The standard InChI is InChI=1S/C26H21N3O5/c30-22(27-20-12-6-4-10-18(20)23(31)17-8-2-1-3-9-17)16-29-24(32)26(28-25(29)33)14-15-34-21-13-7-5-11-19(21)26/h1-13H,14-16H2,(H,27,30)(H,28,33)/t26-/m1/s1. The van der Waals surface area contributed by atoms with E-state index in [4.69, 9.17) is 4.74 Å². The van der Waals surface area contributed by atoms with Gasteiger partial charge in [-0.25, -0.2) is 4.79 Å². The van der Waals surface area contributed by atoms with E-state index in [9.17, 15) is 19.2 Å². The van der Waals surface area contributed by atoms with Gasteiger partial charge in [-0.1, -0.05) is 60.7 Å². The number of nitrogens with one attached hydrogen (secondary N) is 2. The SMILES string of the molecule is O=C(CN1C(=O)N[C@@]2(CCOc3ccccc32)C1=O)Nc1ccccc1C(=O)c1ccccc1. The maximum atomic E-state index is 13.4. The number of hydrogen-bond donors (Lipinski definition) is 2. The average molecular weight is 455 g/mol. The van der Waals surface area contributed by atoms with Gasteiger partial charge in [-0.3, -0.25) is 19.3 Å². The van der Waals surface area contributed by atoms with E-state index < -0.39 is 29.9 Å². The molecule has 3 aromatic carbocycles. The molecule has 2 heterocycles. The number of nitrogens with zero attached hydrogens (tertiary/aromatic N) is 1. The molecule has 5 rings (SSSR count). The number of carbonyl (C=O) groups is 4. The number of fused-ring (bicyclic) bond motifs is 2. The van der Waals surface area contributed by atoms with Gasteiger partial charge in [0.25, 0.3) is 5.91 Å². The Kier molecular flexibility index (Phi) is 5.33. The van der Waals surface area contributed by atoms with Crippen LogP contribution in [0.4, 0.5) is 10.5 Å². The highest BCUT2D eigenvalue weighted by Gasteiger charge is 2.55. The van der Waals surface area contributed by atoms with Crippen LogP contribution in [0.2, 0.25) is 0 Å². The predicted molar refractivity (Wildman–Crippen MR) is 123 cm³/mol. The summed E-state index contributed by atoms with van der Waals surface area (Å²) in [5.41, 5.74) is 0.418. The summed E-state index contributed by atoms with van der Waals surface area (Å²) in [4.78, 5) is 52.8. The summed E-state index contributed by atoms with van der Waals surface area (Å²) in [6.45, 7) is -0.221. The van der Waals surface area contributed by atoms with Crippen LogP contribution in [0.3, 0.4) is 0 Å². The normalized spacial score (nSPS) is 18.8. The summed E-state index contributed by atoms with van der Waals surface area (Å²) in [6.07, 6.45) is 0.265. The van der Waals surface area contributed by atoms with E-state index in [0.29, 0.717) is 28.1 Å². The van der Waals surface area contributed by atoms with Gasteiger partial charge in [-0.2, -0.15) is 0 Å². The van der Waals surface area contributed by atoms with Gasteiger partial charge in [0.05, 0.1) is 12.3 Å². The van der Waals surface area contributed by atoms with Gasteiger partial charge in [-0.15, -0.1) is 0 Å². The Bertz CT molecular complexity index is 1310. The van der Waals surface area contributed by atoms with Crippen molar-refractivity contribution in [2.75, 3.05) is 18.5 Å². The first-order valence-corrected chi connectivity index (χ1v) is 10.8. The molecule has 1 saturated heterocycles. The Morgan fingerprint density at radius 2 is 1.65 bits per heavy atom. The Labute approximate surface area is 195 Å². The summed E-state index contributed by atoms with van der Waals surface area (Å²) in [5.74, 6) is -0.808. The van der Waals surface area contributed by atoms with Crippen molar-refractivity contribution >= 4 is 29.3 Å². The largest absolute Gasteiger partial charge is 0.493 e. The zero-order chi connectivity index (χ0) is 23.7. The Balaban J connectivity index is 1.35. The van der Waals surface area contributed by atoms with E-state index in [2.05, 4.69) is 10.6 Å². The van der Waals surface area contributed by atoms with Gasteiger partial charge in [-0.05, 0) is 18.2 Å². The molecule has 4 amide bonds. The van der Waals surface area contributed by atoms with Crippen molar-refractivity contribution in [1.29, 1.82) is 0 Å². The number of urea groups is 1. The van der Waals surface area contributed by atoms with E-state index >= 15 is 0 Å². The number of carbonyl (C=O) groups excluding carboxylic acids is 4. The van der Waals surface area contributed by atoms with Crippen LogP contribution in [0, 0.1) is 0 Å². The van der Waals surface area contributed by atoms with Crippen LogP contribution in [0.5, 0.6) is 5.75 Å². The molecule has 3 aromatic rings. The second-order valence-electron chi connectivity index (χ2n) is 8.11. The lowest BCUT2D eigenvalue weighted by Crippen LogP contribution is -2.48. The van der Waals surface area contributed by atoms with Crippen molar-refractivity contribution in [3.8, 4) is 5.75 Å². The van der Waals surface area contributed by atoms with Crippen LogP contribution in [0.1, 0.15) is 27.9 Å². The molecule has 0 unspecified atom stereocenters. The lowest BCUT2D eigenvalue weighted by atomic mass is 9.84. The van der Waals surface area contributed by atoms with E-state index in [0.717, 1.165) is 4.90 Å². The van der Waals surface area contributed by atoms with Gasteiger partial charge in [0.15, 0.2) is 11.3 Å². The number of rotatable bonds is 5. The highest BCUT2D eigenvalue weighted by Crippen LogP contribution is 2.40. The molecule has 1 spiro atoms. The fourth-order valence-corrected chi connectivity index (χ4v) is 4.38. The zero-order valence-electron chi connectivity index (χ0n) is 18.1. The molecule has 1 fully saturated rings. The van der Waals surface area contributed by atoms with E-state index in [1.165, 1.54) is 0 Å². The molecule has 0 bridgehead atoms. The molecule has 2 N–H and O–H groups in total. The number of imide groups is 1. The zero-order valence-corrected chi connectivity index (χ0v) is 18.1. The van der Waals surface area contributed by atoms with Gasteiger partial charge in [0.1, 0.15) is 12.3 Å². The fourth-order valence-electron chi connectivity index (χ4n) is 4.38. The number of anilines is 1. The van der Waals surface area contributed by atoms with E-state index in [1.54, 1.807) is 72.8 Å². The van der Waals surface area contributed by atoms with Crippen LogP contribution in [0.15, 0.2) is 78.9 Å². The van der Waals surface area contributed by atoms with Crippen molar-refractivity contribution in [3.05, 3.63) is 95.6 Å². The minimum absolute atomic E-state index is 0.246. The average Bonchev–Trinajstić information content (AvgIpc) is 3.09. The molecule has 2 aliphatic rings. The quantitative estimate of drug-likeness (QED) is 0.455. The summed E-state index contributed by atoms with van der Waals surface area (Å²) in [6, 6.07) is 21.7. The summed E-state index contributed by atoms with van der Waals surface area (Å²) in [5, 5.41) is 5.45. The molecule has 8 nitrogen and oxygen atoms in total. The molecule has 0 aromatic heterocycles. The third kappa shape index (κ3) is 3.59. The first kappa shape index (κ1) is 21.4. The third-order valence-electron chi connectivity index (χ3n) is 6.04. The predicted octanol–water partition coefficient (Wildman–Crippen LogP) is 3.09. The van der Waals surface area contributed by atoms with Crippen molar-refractivity contribution in [3.63, 3.8) is 0 Å². The van der Waals surface area contributed by atoms with E-state index in [1.807, 2.05) is 6.07 Å². The summed E-state index contributed by atoms with van der Waals surface area (Å²) >= 11 is 0. The summed E-state index contributed by atoms with van der Waals surface area (Å²) < 4.78 is 5.63. The number of amides is 4. The first-order valence-electron chi connectivity index (χ1n) is 10.8. The van der Waals surface area contributed by atoms with Gasteiger partial charge in [0.2, 0.25) is 5.91 Å². The highest BCUT2D eigenvalue weighted by molar-refractivity contribution is 6.15. The maximum Gasteiger partial charge on any atom is 0.325 e. The molecule has 1 atom stereocenters. The monoisotopic (exact) mass is 455 g/mol. The number of benzene rings is 3. The van der Waals surface area contributed by atoms with Gasteiger partial charge in [0, 0.05) is 23.1 Å². The second kappa shape index (κ2) is 8.47. The number of ether oxygens (including phenoxy) is 1. The van der Waals surface area contributed by atoms with Gasteiger partial charge < -0.3 is 15.4 Å². The Morgan fingerprint density at radius 1 is 0.941 bits per heavy atom. The van der Waals surface area contributed by atoms with E-state index in [-0.39, 0.29) is 18.8 Å². The maximum absolute atomic E-state index is 13.4. The molecular weight excluding hydrogens is 434 g/mol. The van der Waals surface area contributed by atoms with Crippen LogP contribution in [0.25, 0.3) is 0 Å². The van der Waals surface area contributed by atoms with Crippen molar-refractivity contribution < 1.29 is 23.9 Å². The van der Waals surface area contributed by atoms with Gasteiger partial charge >= 0.3 is 6.03 Å². The molecule has 0 radical (unpaired) electrons. The Hall–Kier alpha value is -4.46. The van der Waals surface area contributed by atoms with Crippen LogP contribution >= 0.6 is 0 Å². The molecule has 8 heteroatoms. The molecule has 0 saturated carbocycles. The first-order chi connectivity index (χ1) is 16.5. The van der Waals surface area contributed by atoms with Crippen molar-refractivity contribution in [1.82, 2.24) is 10.2 Å². The minimum Gasteiger partial charge on any atom is -0.493 e. The smallest absolute Gasteiger partial charge is 0.325 e. The Morgan fingerprint density at radius 3 is 2.47 bits per heavy atom. The van der Waals surface area contributed by atoms with Crippen molar-refractivity contribution in [2.45, 2.75) is 12.0 Å². The summed E-state index contributed by atoms with van der Waals surface area (Å²) in [7, 11) is 0. The van der Waals surface area contributed by atoms with Crippen LogP contribution < -0.4 is 15.4 Å². The fraction of sp³-hybridized carbons (Fsp3) is 0.154. The molecule has 34 heavy (non-hydrogen) atoms. The molecule has 170 valence electrons. The molecule has 0 aliphatic carbocycles. The number of para-hydroxylation sites is 2. The lowest BCUT2D eigenvalue weighted by Gasteiger charge is -2.33. The highest BCUT2D eigenvalue weighted by atomic mass is 16.5. The second-order valence-corrected chi connectivity index (χ2v) is 8.11. The van der Waals surface area contributed by atoms with Crippen LogP contribution in [-0.2, 0) is 15.1 Å². The molecule has 2 aliphatic heterocycles. The van der Waals surface area contributed by atoms with Crippen molar-refractivity contribution in [2.24, 2.45) is 0 Å². The molecular formula is C26H21N3O5. The number of ketones is 1. The topological polar surface area (TPSA) is 105 Å². The number of hydrogen-bond acceptors (Lipinski definition) is 5.